The Labute approximate surface area is 105 Å². The number of hydrogen-bond donors (Lipinski definition) is 0. The van der Waals surface area contributed by atoms with E-state index in [1.807, 2.05) is 24.3 Å². The van der Waals surface area contributed by atoms with E-state index in [0.717, 1.165) is 29.7 Å². The van der Waals surface area contributed by atoms with Crippen molar-refractivity contribution < 1.29 is 4.74 Å². The van der Waals surface area contributed by atoms with Gasteiger partial charge in [-0.3, -0.25) is 0 Å². The van der Waals surface area contributed by atoms with Gasteiger partial charge in [0.15, 0.2) is 0 Å². The maximum absolute atomic E-state index is 8.54. The summed E-state index contributed by atoms with van der Waals surface area (Å²) < 4.78 is 5.67. The number of ether oxygens (including phenoxy) is 1. The zero-order chi connectivity index (χ0) is 11.8. The summed E-state index contributed by atoms with van der Waals surface area (Å²) in [6.07, 6.45) is 1.57. The summed E-state index contributed by atoms with van der Waals surface area (Å²) in [7, 11) is 0. The van der Waals surface area contributed by atoms with Gasteiger partial charge in [-0.1, -0.05) is 35.0 Å². The van der Waals surface area contributed by atoms with Crippen LogP contribution in [0.1, 0.15) is 18.9 Å². The van der Waals surface area contributed by atoms with Crippen LogP contribution in [-0.4, -0.2) is 11.9 Å². The molecule has 1 unspecified atom stereocenters. The number of hydrogen-bond acceptors (Lipinski definition) is 2. The average Bonchev–Trinajstić information content (AvgIpc) is 2.33. The van der Waals surface area contributed by atoms with Gasteiger partial charge in [-0.2, -0.15) is 5.26 Å². The van der Waals surface area contributed by atoms with Crippen molar-refractivity contribution in [2.45, 2.75) is 19.8 Å². The molecule has 0 radical (unpaired) electrons. The fourth-order valence-electron chi connectivity index (χ4n) is 1.28. The summed E-state index contributed by atoms with van der Waals surface area (Å²) in [5, 5.41) is 9.51. The molecule has 0 fully saturated rings. The van der Waals surface area contributed by atoms with E-state index in [1.54, 1.807) is 0 Å². The van der Waals surface area contributed by atoms with Crippen molar-refractivity contribution in [3.05, 3.63) is 29.8 Å². The molecule has 0 amide bonds. The highest BCUT2D eigenvalue weighted by atomic mass is 79.9. The first-order valence-corrected chi connectivity index (χ1v) is 6.57. The molecule has 86 valence electrons. The van der Waals surface area contributed by atoms with Crippen molar-refractivity contribution in [2.75, 3.05) is 11.9 Å². The lowest BCUT2D eigenvalue weighted by Crippen LogP contribution is -2.12. The van der Waals surface area contributed by atoms with Gasteiger partial charge in [0, 0.05) is 11.2 Å². The Morgan fingerprint density at radius 3 is 2.56 bits per heavy atom. The Kier molecular flexibility index (Phi) is 5.95. The smallest absolute Gasteiger partial charge is 0.119 e. The molecule has 1 rings (SSSR count). The van der Waals surface area contributed by atoms with Crippen LogP contribution < -0.4 is 4.74 Å². The third-order valence-electron chi connectivity index (χ3n) is 2.49. The molecule has 0 aliphatic carbocycles. The molecule has 0 saturated heterocycles. The van der Waals surface area contributed by atoms with Crippen LogP contribution in [0.25, 0.3) is 0 Å². The van der Waals surface area contributed by atoms with E-state index in [-0.39, 0.29) is 0 Å². The molecule has 3 heteroatoms. The molecule has 1 aromatic rings. The second-order valence-corrected chi connectivity index (χ2v) is 4.37. The molecule has 2 nitrogen and oxygen atoms in total. The summed E-state index contributed by atoms with van der Waals surface area (Å²) in [6, 6.07) is 9.85. The molecule has 0 saturated carbocycles. The molecular weight excluding hydrogens is 266 g/mol. The highest BCUT2D eigenvalue weighted by molar-refractivity contribution is 9.09. The van der Waals surface area contributed by atoms with E-state index < -0.39 is 0 Å². The fourth-order valence-corrected chi connectivity index (χ4v) is 1.93. The molecule has 0 bridgehead atoms. The van der Waals surface area contributed by atoms with Gasteiger partial charge in [0.2, 0.25) is 0 Å². The minimum atomic E-state index is 0.458. The van der Waals surface area contributed by atoms with Crippen molar-refractivity contribution in [1.82, 2.24) is 0 Å². The Hall–Kier alpha value is -1.01. The van der Waals surface area contributed by atoms with Gasteiger partial charge >= 0.3 is 0 Å². The van der Waals surface area contributed by atoms with Gasteiger partial charge < -0.3 is 4.74 Å². The van der Waals surface area contributed by atoms with E-state index in [4.69, 9.17) is 10.00 Å². The van der Waals surface area contributed by atoms with Gasteiger partial charge in [-0.25, -0.2) is 0 Å². The molecular formula is C13H16BrNO. The SMILES string of the molecule is CCC(CBr)COc1ccc(CC#N)cc1. The molecule has 1 atom stereocenters. The molecule has 16 heavy (non-hydrogen) atoms. The van der Waals surface area contributed by atoms with Crippen LogP contribution in [0, 0.1) is 17.2 Å². The molecule has 0 N–H and O–H groups in total. The molecule has 0 aliphatic heterocycles. The van der Waals surface area contributed by atoms with Crippen LogP contribution in [0.15, 0.2) is 24.3 Å². The van der Waals surface area contributed by atoms with Crippen LogP contribution >= 0.6 is 15.9 Å². The first-order valence-electron chi connectivity index (χ1n) is 5.44. The van der Waals surface area contributed by atoms with Crippen molar-refractivity contribution in [3.63, 3.8) is 0 Å². The van der Waals surface area contributed by atoms with E-state index in [1.165, 1.54) is 0 Å². The van der Waals surface area contributed by atoms with Crippen molar-refractivity contribution in [1.29, 1.82) is 5.26 Å². The first-order chi connectivity index (χ1) is 7.80. The van der Waals surface area contributed by atoms with Crippen molar-refractivity contribution in [2.24, 2.45) is 5.92 Å². The normalized spacial score (nSPS) is 11.8. The summed E-state index contributed by atoms with van der Waals surface area (Å²) in [4.78, 5) is 0. The summed E-state index contributed by atoms with van der Waals surface area (Å²) in [5.74, 6) is 1.43. The topological polar surface area (TPSA) is 33.0 Å². The molecule has 0 heterocycles. The average molecular weight is 282 g/mol. The zero-order valence-corrected chi connectivity index (χ0v) is 11.0. The third-order valence-corrected chi connectivity index (χ3v) is 3.40. The molecule has 1 aromatic carbocycles. The van der Waals surface area contributed by atoms with E-state index >= 15 is 0 Å². The predicted octanol–water partition coefficient (Wildman–Crippen LogP) is 3.55. The van der Waals surface area contributed by atoms with E-state index in [9.17, 15) is 0 Å². The van der Waals surface area contributed by atoms with Crippen LogP contribution in [0.4, 0.5) is 0 Å². The Morgan fingerprint density at radius 1 is 1.38 bits per heavy atom. The second kappa shape index (κ2) is 7.29. The zero-order valence-electron chi connectivity index (χ0n) is 9.45. The third kappa shape index (κ3) is 4.24. The lowest BCUT2D eigenvalue weighted by molar-refractivity contribution is 0.260. The molecule has 0 aliphatic rings. The minimum Gasteiger partial charge on any atom is -0.493 e. The largest absolute Gasteiger partial charge is 0.493 e. The van der Waals surface area contributed by atoms with Gasteiger partial charge in [-0.15, -0.1) is 0 Å². The fraction of sp³-hybridized carbons (Fsp3) is 0.462. The maximum Gasteiger partial charge on any atom is 0.119 e. The Bertz CT molecular complexity index is 338. The quantitative estimate of drug-likeness (QED) is 0.747. The van der Waals surface area contributed by atoms with Gasteiger partial charge in [0.1, 0.15) is 5.75 Å². The lowest BCUT2D eigenvalue weighted by atomic mass is 10.1. The summed E-state index contributed by atoms with van der Waals surface area (Å²) in [5.41, 5.74) is 1.03. The predicted molar refractivity (Wildman–Crippen MR) is 68.8 cm³/mol. The van der Waals surface area contributed by atoms with Gasteiger partial charge in [-0.05, 0) is 24.1 Å². The number of rotatable bonds is 6. The number of nitriles is 1. The van der Waals surface area contributed by atoms with Gasteiger partial charge in [0.25, 0.3) is 0 Å². The number of alkyl halides is 1. The van der Waals surface area contributed by atoms with Crippen LogP contribution in [0.5, 0.6) is 5.75 Å². The van der Waals surface area contributed by atoms with Crippen LogP contribution in [-0.2, 0) is 6.42 Å². The maximum atomic E-state index is 8.54. The van der Waals surface area contributed by atoms with Crippen molar-refractivity contribution in [3.8, 4) is 11.8 Å². The summed E-state index contributed by atoms with van der Waals surface area (Å²) in [6.45, 7) is 2.89. The number of benzene rings is 1. The van der Waals surface area contributed by atoms with Crippen LogP contribution in [0.2, 0.25) is 0 Å². The number of halogens is 1. The molecule has 0 spiro atoms. The standard InChI is InChI=1S/C13H16BrNO/c1-2-11(9-14)10-16-13-5-3-12(4-6-13)7-8-15/h3-6,11H,2,7,9-10H2,1H3. The van der Waals surface area contributed by atoms with Crippen molar-refractivity contribution >= 4 is 15.9 Å². The highest BCUT2D eigenvalue weighted by Gasteiger charge is 2.05. The monoisotopic (exact) mass is 281 g/mol. The Balaban J connectivity index is 2.46. The van der Waals surface area contributed by atoms with Gasteiger partial charge in [0.05, 0.1) is 19.1 Å². The summed E-state index contributed by atoms with van der Waals surface area (Å²) >= 11 is 3.47. The highest BCUT2D eigenvalue weighted by Crippen LogP contribution is 2.15. The second-order valence-electron chi connectivity index (χ2n) is 3.72. The minimum absolute atomic E-state index is 0.458. The van der Waals surface area contributed by atoms with E-state index in [2.05, 4.69) is 28.9 Å². The first kappa shape index (κ1) is 13.1. The van der Waals surface area contributed by atoms with Crippen LogP contribution in [0.3, 0.4) is 0 Å². The number of nitrogens with zero attached hydrogens (tertiary/aromatic N) is 1. The lowest BCUT2D eigenvalue weighted by Gasteiger charge is -2.13. The molecule has 0 aromatic heterocycles. The van der Waals surface area contributed by atoms with E-state index in [0.29, 0.717) is 12.3 Å². The Morgan fingerprint density at radius 2 is 2.06 bits per heavy atom.